The molecule has 32 heavy (non-hydrogen) atoms. The van der Waals surface area contributed by atoms with Crippen molar-refractivity contribution >= 4 is 18.4 Å². The van der Waals surface area contributed by atoms with Gasteiger partial charge in [0.15, 0.2) is 5.96 Å². The molecule has 6 nitrogen and oxygen atoms in total. The maximum atomic E-state index is 13.8. The van der Waals surface area contributed by atoms with Crippen LogP contribution in [0, 0.1) is 11.3 Å². The summed E-state index contributed by atoms with van der Waals surface area (Å²) in [7, 11) is 0. The molecule has 2 fully saturated rings. The van der Waals surface area contributed by atoms with Gasteiger partial charge in [0, 0.05) is 12.1 Å². The lowest BCUT2D eigenvalue weighted by molar-refractivity contribution is -0.138. The van der Waals surface area contributed by atoms with E-state index in [1.165, 1.54) is 19.3 Å². The fourth-order valence-corrected chi connectivity index (χ4v) is 4.83. The number of nitrogens with two attached hydrogens (primary N) is 1. The molecule has 2 heterocycles. The Bertz CT molecular complexity index is 927. The summed E-state index contributed by atoms with van der Waals surface area (Å²) >= 11 is 0. The SMILES string of the molecule is Cl.N=C(N)N1CCC[C@H]1c1nc(-c2ccc(CCC3CCCCC3)c(C(F)(F)F)c2)no1. The van der Waals surface area contributed by atoms with Gasteiger partial charge in [-0.3, -0.25) is 5.41 Å². The number of alkyl halides is 3. The molecule has 1 saturated carbocycles. The Morgan fingerprint density at radius 1 is 1.16 bits per heavy atom. The molecule has 0 unspecified atom stereocenters. The molecule has 3 N–H and O–H groups in total. The van der Waals surface area contributed by atoms with Crippen molar-refractivity contribution in [3.8, 4) is 11.4 Å². The van der Waals surface area contributed by atoms with Crippen molar-refractivity contribution in [3.05, 3.63) is 35.2 Å². The summed E-state index contributed by atoms with van der Waals surface area (Å²) in [6.07, 6.45) is 4.12. The Morgan fingerprint density at radius 3 is 2.59 bits per heavy atom. The Kier molecular flexibility index (Phi) is 7.69. The molecule has 1 aromatic carbocycles. The molecule has 0 bridgehead atoms. The number of aryl methyl sites for hydroxylation is 1. The lowest BCUT2D eigenvalue weighted by Crippen LogP contribution is -2.35. The van der Waals surface area contributed by atoms with E-state index >= 15 is 0 Å². The van der Waals surface area contributed by atoms with Crippen molar-refractivity contribution < 1.29 is 17.7 Å². The van der Waals surface area contributed by atoms with E-state index in [4.69, 9.17) is 15.7 Å². The van der Waals surface area contributed by atoms with Crippen LogP contribution in [-0.2, 0) is 12.6 Å². The predicted molar refractivity (Wildman–Crippen MR) is 117 cm³/mol. The van der Waals surface area contributed by atoms with E-state index in [9.17, 15) is 13.2 Å². The van der Waals surface area contributed by atoms with Crippen molar-refractivity contribution in [1.82, 2.24) is 15.0 Å². The molecule has 0 amide bonds. The van der Waals surface area contributed by atoms with Crippen LogP contribution in [0.25, 0.3) is 11.4 Å². The fourth-order valence-electron chi connectivity index (χ4n) is 4.83. The Balaban J connectivity index is 0.00000289. The lowest BCUT2D eigenvalue weighted by atomic mass is 9.84. The standard InChI is InChI=1S/C22H28F3N5O.ClH/c23-22(24,25)17-13-16(11-10-15(17)9-8-14-5-2-1-3-6-14)19-28-20(31-29-19)18-7-4-12-30(18)21(26)27;/h10-11,13-14,18H,1-9,12H2,(H3,26,27);1H/t18-;/m0./s1. The molecule has 2 aromatic rings. The van der Waals surface area contributed by atoms with Gasteiger partial charge in [-0.1, -0.05) is 49.4 Å². The Hall–Kier alpha value is -2.29. The van der Waals surface area contributed by atoms with Crippen molar-refractivity contribution in [1.29, 1.82) is 5.41 Å². The average Bonchev–Trinajstić information content (AvgIpc) is 3.42. The summed E-state index contributed by atoms with van der Waals surface area (Å²) in [6.45, 7) is 0.617. The number of rotatable bonds is 5. The van der Waals surface area contributed by atoms with E-state index < -0.39 is 11.7 Å². The van der Waals surface area contributed by atoms with Crippen LogP contribution < -0.4 is 5.73 Å². The summed E-state index contributed by atoms with van der Waals surface area (Å²) in [5.41, 5.74) is 5.58. The Labute approximate surface area is 191 Å². The third-order valence-corrected chi connectivity index (χ3v) is 6.51. The number of nitrogens with zero attached hydrogens (tertiary/aromatic N) is 3. The van der Waals surface area contributed by atoms with Crippen LogP contribution in [0.15, 0.2) is 22.7 Å². The molecular formula is C22H29ClF3N5O. The second kappa shape index (κ2) is 10.1. The largest absolute Gasteiger partial charge is 0.416 e. The van der Waals surface area contributed by atoms with Gasteiger partial charge in [0.25, 0.3) is 0 Å². The maximum Gasteiger partial charge on any atom is 0.416 e. The van der Waals surface area contributed by atoms with Gasteiger partial charge in [0.1, 0.15) is 6.04 Å². The second-order valence-electron chi connectivity index (χ2n) is 8.61. The topological polar surface area (TPSA) is 92.0 Å². The molecule has 0 radical (unpaired) electrons. The zero-order valence-corrected chi connectivity index (χ0v) is 18.6. The highest BCUT2D eigenvalue weighted by molar-refractivity contribution is 5.85. The highest BCUT2D eigenvalue weighted by Gasteiger charge is 2.35. The lowest BCUT2D eigenvalue weighted by Gasteiger charge is -2.22. The normalized spacial score (nSPS) is 19.7. The molecular weight excluding hydrogens is 443 g/mol. The van der Waals surface area contributed by atoms with E-state index in [0.717, 1.165) is 31.7 Å². The number of nitrogens with one attached hydrogen (secondary N) is 1. The minimum absolute atomic E-state index is 0. The van der Waals surface area contributed by atoms with E-state index in [1.807, 2.05) is 0 Å². The zero-order valence-electron chi connectivity index (χ0n) is 17.8. The first kappa shape index (κ1) is 24.4. The molecule has 176 valence electrons. The van der Waals surface area contributed by atoms with Crippen molar-refractivity contribution in [3.63, 3.8) is 0 Å². The molecule has 1 aromatic heterocycles. The van der Waals surface area contributed by atoms with Crippen LogP contribution >= 0.6 is 12.4 Å². The van der Waals surface area contributed by atoms with Crippen molar-refractivity contribution in [2.24, 2.45) is 11.7 Å². The summed E-state index contributed by atoms with van der Waals surface area (Å²) in [4.78, 5) is 5.99. The van der Waals surface area contributed by atoms with Gasteiger partial charge in [0.2, 0.25) is 11.7 Å². The number of benzene rings is 1. The van der Waals surface area contributed by atoms with Gasteiger partial charge in [0.05, 0.1) is 5.56 Å². The maximum absolute atomic E-state index is 13.8. The molecule has 4 rings (SSSR count). The van der Waals surface area contributed by atoms with Crippen LogP contribution in [0.1, 0.15) is 74.4 Å². The first-order chi connectivity index (χ1) is 14.8. The molecule has 0 spiro atoms. The molecule has 1 aliphatic carbocycles. The van der Waals surface area contributed by atoms with Gasteiger partial charge in [-0.25, -0.2) is 0 Å². The van der Waals surface area contributed by atoms with E-state index in [2.05, 4.69) is 10.1 Å². The third kappa shape index (κ3) is 5.36. The van der Waals surface area contributed by atoms with Crippen LogP contribution in [0.4, 0.5) is 13.2 Å². The van der Waals surface area contributed by atoms with E-state index in [1.54, 1.807) is 17.0 Å². The van der Waals surface area contributed by atoms with Crippen LogP contribution in [-0.4, -0.2) is 27.5 Å². The van der Waals surface area contributed by atoms with Gasteiger partial charge in [-0.2, -0.15) is 18.2 Å². The van der Waals surface area contributed by atoms with Crippen molar-refractivity contribution in [2.75, 3.05) is 6.54 Å². The zero-order chi connectivity index (χ0) is 22.0. The number of hydrogen-bond donors (Lipinski definition) is 2. The number of halogens is 4. The van der Waals surface area contributed by atoms with Gasteiger partial charge >= 0.3 is 6.18 Å². The van der Waals surface area contributed by atoms with Gasteiger partial charge < -0.3 is 15.2 Å². The van der Waals surface area contributed by atoms with Crippen LogP contribution in [0.5, 0.6) is 0 Å². The highest BCUT2D eigenvalue weighted by atomic mass is 35.5. The monoisotopic (exact) mass is 471 g/mol. The van der Waals surface area contributed by atoms with E-state index in [0.29, 0.717) is 30.9 Å². The summed E-state index contributed by atoms with van der Waals surface area (Å²) < 4.78 is 46.7. The highest BCUT2D eigenvalue weighted by Crippen LogP contribution is 2.37. The smallest absolute Gasteiger partial charge is 0.370 e. The number of guanidine groups is 1. The van der Waals surface area contributed by atoms with Crippen molar-refractivity contribution in [2.45, 2.75) is 70.0 Å². The minimum atomic E-state index is -4.44. The predicted octanol–water partition coefficient (Wildman–Crippen LogP) is 5.72. The molecule has 1 aliphatic heterocycles. The van der Waals surface area contributed by atoms with E-state index in [-0.39, 0.29) is 41.7 Å². The summed E-state index contributed by atoms with van der Waals surface area (Å²) in [6, 6.07) is 4.00. The molecule has 1 saturated heterocycles. The van der Waals surface area contributed by atoms with Gasteiger partial charge in [-0.05, 0) is 43.2 Å². The first-order valence-electron chi connectivity index (χ1n) is 11.0. The molecule has 2 aliphatic rings. The third-order valence-electron chi connectivity index (χ3n) is 6.51. The number of likely N-dealkylation sites (tertiary alicyclic amines) is 1. The fraction of sp³-hybridized carbons (Fsp3) is 0.591. The van der Waals surface area contributed by atoms with Crippen LogP contribution in [0.3, 0.4) is 0 Å². The Morgan fingerprint density at radius 2 is 1.91 bits per heavy atom. The molecule has 10 heteroatoms. The molecule has 1 atom stereocenters. The number of hydrogen-bond acceptors (Lipinski definition) is 4. The average molecular weight is 472 g/mol. The summed E-state index contributed by atoms with van der Waals surface area (Å²) in [5, 5.41) is 11.6. The second-order valence-corrected chi connectivity index (χ2v) is 8.61. The first-order valence-corrected chi connectivity index (χ1v) is 11.0. The van der Waals surface area contributed by atoms with Crippen LogP contribution in [0.2, 0.25) is 0 Å². The van der Waals surface area contributed by atoms with Gasteiger partial charge in [-0.15, -0.1) is 12.4 Å². The minimum Gasteiger partial charge on any atom is -0.370 e. The summed E-state index contributed by atoms with van der Waals surface area (Å²) in [5.74, 6) is 0.834. The number of aromatic nitrogens is 2. The quantitative estimate of drug-likeness (QED) is 0.429.